The van der Waals surface area contributed by atoms with Gasteiger partial charge in [-0.3, -0.25) is 4.79 Å². The van der Waals surface area contributed by atoms with Crippen LogP contribution in [0.15, 0.2) is 11.6 Å². The van der Waals surface area contributed by atoms with E-state index in [2.05, 4.69) is 53.8 Å². The van der Waals surface area contributed by atoms with Crippen molar-refractivity contribution in [1.29, 1.82) is 0 Å². The maximum atomic E-state index is 11.6. The van der Waals surface area contributed by atoms with E-state index in [-0.39, 0.29) is 34.0 Å². The average molecular weight is 521 g/mol. The zero-order valence-corrected chi connectivity index (χ0v) is 25.4. The van der Waals surface area contributed by atoms with Crippen LogP contribution >= 0.6 is 0 Å². The van der Waals surface area contributed by atoms with Gasteiger partial charge in [-0.1, -0.05) is 46.3 Å². The fourth-order valence-electron chi connectivity index (χ4n) is 8.19. The van der Waals surface area contributed by atoms with Crippen LogP contribution in [0.4, 0.5) is 0 Å². The molecule has 206 valence electrons. The van der Waals surface area contributed by atoms with Crippen molar-refractivity contribution >= 4 is 14.3 Å². The normalized spacial score (nSPS) is 41.1. The summed E-state index contributed by atoms with van der Waals surface area (Å²) < 4.78 is 18.3. The monoisotopic (exact) mass is 520 g/mol. The number of ether oxygens (including phenoxy) is 2. The van der Waals surface area contributed by atoms with Crippen LogP contribution < -0.4 is 0 Å². The van der Waals surface area contributed by atoms with E-state index in [9.17, 15) is 9.90 Å². The summed E-state index contributed by atoms with van der Waals surface area (Å²) in [5, 5.41) is 11.7. The molecule has 4 fully saturated rings. The second kappa shape index (κ2) is 9.80. The van der Waals surface area contributed by atoms with Gasteiger partial charge in [-0.25, -0.2) is 0 Å². The number of allylic oxidation sites excluding steroid dienone is 1. The maximum Gasteiger partial charge on any atom is 0.302 e. The first-order valence-electron chi connectivity index (χ1n) is 14.4. The second-order valence-electron chi connectivity index (χ2n) is 14.4. The Morgan fingerprint density at radius 1 is 1.28 bits per heavy atom. The lowest BCUT2D eigenvalue weighted by Gasteiger charge is -2.45. The number of rotatable bonds is 8. The molecule has 0 saturated heterocycles. The smallest absolute Gasteiger partial charge is 0.302 e. The first kappa shape index (κ1) is 28.3. The molecule has 0 heterocycles. The predicted octanol–water partition coefficient (Wildman–Crippen LogP) is 6.50. The Hall–Kier alpha value is -0.693. The van der Waals surface area contributed by atoms with Crippen LogP contribution in [0.5, 0.6) is 0 Å². The van der Waals surface area contributed by atoms with Crippen LogP contribution in [-0.2, 0) is 18.7 Å². The summed E-state index contributed by atoms with van der Waals surface area (Å²) in [7, 11) is -0.128. The van der Waals surface area contributed by atoms with Crippen LogP contribution in [0.3, 0.4) is 0 Å². The van der Waals surface area contributed by atoms with E-state index in [0.717, 1.165) is 19.3 Å². The fourth-order valence-corrected chi connectivity index (χ4v) is 9.52. The van der Waals surface area contributed by atoms with E-state index in [1.54, 1.807) is 5.57 Å². The Balaban J connectivity index is 1.51. The van der Waals surface area contributed by atoms with Crippen LogP contribution in [-0.4, -0.2) is 51.4 Å². The largest absolute Gasteiger partial charge is 0.466 e. The number of carbonyl (C=O) groups is 1. The molecular weight excluding hydrogens is 468 g/mol. The quantitative estimate of drug-likeness (QED) is 0.225. The lowest BCUT2D eigenvalue weighted by Crippen LogP contribution is -2.48. The van der Waals surface area contributed by atoms with E-state index in [1.807, 2.05) is 7.11 Å². The zero-order valence-electron chi connectivity index (χ0n) is 24.4. The van der Waals surface area contributed by atoms with Gasteiger partial charge in [0, 0.05) is 19.4 Å². The Kier molecular flexibility index (Phi) is 7.71. The maximum absolute atomic E-state index is 11.6. The lowest BCUT2D eigenvalue weighted by molar-refractivity contribution is -0.143. The van der Waals surface area contributed by atoms with Gasteiger partial charge in [-0.15, -0.1) is 0 Å². The standard InChI is InChI=1S/C30H52O5Si/c1-19(18-34-20(2)31)23-12-13-24-21(11-10-14-29(23,24)6)15-26(33-7)30-17-22(30)16-25(27(30)32)35-36(8,9)28(3,4)5/h15,19,22-27,32H,10-14,16-18H2,1-9H3/b21-15+/t19-,22-,23-,24+,25+,26-,27?,29-,30+/m1/s1. The van der Waals surface area contributed by atoms with Crippen molar-refractivity contribution in [2.75, 3.05) is 13.7 Å². The first-order chi connectivity index (χ1) is 16.7. The summed E-state index contributed by atoms with van der Waals surface area (Å²) in [6.07, 6.45) is 9.78. The number of fused-ring (bicyclic) bond motifs is 2. The highest BCUT2D eigenvalue weighted by atomic mass is 28.4. The van der Waals surface area contributed by atoms with Crippen molar-refractivity contribution in [2.24, 2.45) is 34.5 Å². The molecule has 0 aromatic carbocycles. The Morgan fingerprint density at radius 2 is 1.97 bits per heavy atom. The molecule has 4 rings (SSSR count). The molecule has 5 nitrogen and oxygen atoms in total. The Labute approximate surface area is 220 Å². The van der Waals surface area contributed by atoms with E-state index < -0.39 is 14.4 Å². The minimum Gasteiger partial charge on any atom is -0.466 e. The number of aliphatic hydroxyl groups is 1. The van der Waals surface area contributed by atoms with Gasteiger partial charge in [0.1, 0.15) is 0 Å². The van der Waals surface area contributed by atoms with Crippen molar-refractivity contribution in [3.8, 4) is 0 Å². The molecule has 4 aliphatic carbocycles. The average Bonchev–Trinajstić information content (AvgIpc) is 3.28. The molecule has 4 saturated carbocycles. The summed E-state index contributed by atoms with van der Waals surface area (Å²) >= 11 is 0. The second-order valence-corrected chi connectivity index (χ2v) is 19.1. The Morgan fingerprint density at radius 3 is 2.58 bits per heavy atom. The van der Waals surface area contributed by atoms with Gasteiger partial charge in [-0.05, 0) is 92.2 Å². The van der Waals surface area contributed by atoms with Crippen molar-refractivity contribution in [3.05, 3.63) is 11.6 Å². The first-order valence-corrected chi connectivity index (χ1v) is 17.3. The van der Waals surface area contributed by atoms with Crippen LogP contribution in [0, 0.1) is 34.5 Å². The molecule has 1 unspecified atom stereocenters. The number of hydrogen-bond acceptors (Lipinski definition) is 5. The van der Waals surface area contributed by atoms with Gasteiger partial charge in [0.05, 0.1) is 24.9 Å². The summed E-state index contributed by atoms with van der Waals surface area (Å²) in [5.74, 6) is 1.80. The fraction of sp³-hybridized carbons (Fsp3) is 0.900. The molecule has 36 heavy (non-hydrogen) atoms. The number of carbonyl (C=O) groups excluding carboxylic acids is 1. The highest BCUT2D eigenvalue weighted by Crippen LogP contribution is 2.68. The molecule has 0 radical (unpaired) electrons. The van der Waals surface area contributed by atoms with Gasteiger partial charge >= 0.3 is 5.97 Å². The van der Waals surface area contributed by atoms with Crippen molar-refractivity contribution < 1.29 is 23.8 Å². The zero-order chi connectivity index (χ0) is 26.7. The molecule has 0 aliphatic heterocycles. The van der Waals surface area contributed by atoms with Gasteiger partial charge in [0.25, 0.3) is 0 Å². The van der Waals surface area contributed by atoms with Crippen LogP contribution in [0.2, 0.25) is 18.1 Å². The number of methoxy groups -OCH3 is 1. The number of hydrogen-bond donors (Lipinski definition) is 1. The Bertz CT molecular complexity index is 862. The van der Waals surface area contributed by atoms with Crippen LogP contribution in [0.1, 0.15) is 86.5 Å². The molecule has 1 N–H and O–H groups in total. The highest BCUT2D eigenvalue weighted by Gasteiger charge is 2.70. The lowest BCUT2D eigenvalue weighted by atomic mass is 9.61. The number of esters is 1. The third-order valence-corrected chi connectivity index (χ3v) is 15.8. The molecule has 0 aromatic rings. The topological polar surface area (TPSA) is 65.0 Å². The summed E-state index contributed by atoms with van der Waals surface area (Å²) in [6, 6.07) is 0. The number of aliphatic hydroxyl groups excluding tert-OH is 1. The van der Waals surface area contributed by atoms with Crippen molar-refractivity contribution in [3.63, 3.8) is 0 Å². The van der Waals surface area contributed by atoms with Gasteiger partial charge in [0.2, 0.25) is 0 Å². The van der Waals surface area contributed by atoms with Crippen molar-refractivity contribution in [1.82, 2.24) is 0 Å². The van der Waals surface area contributed by atoms with Gasteiger partial charge in [-0.2, -0.15) is 0 Å². The highest BCUT2D eigenvalue weighted by molar-refractivity contribution is 6.74. The third kappa shape index (κ3) is 4.78. The molecule has 0 spiro atoms. The molecule has 0 amide bonds. The molecule has 9 atom stereocenters. The van der Waals surface area contributed by atoms with E-state index in [4.69, 9.17) is 13.9 Å². The molecule has 6 heteroatoms. The predicted molar refractivity (Wildman–Crippen MR) is 146 cm³/mol. The summed E-state index contributed by atoms with van der Waals surface area (Å²) in [6.45, 7) is 18.1. The minimum atomic E-state index is -1.95. The third-order valence-electron chi connectivity index (χ3n) is 11.3. The minimum absolute atomic E-state index is 0.0552. The van der Waals surface area contributed by atoms with E-state index in [1.165, 1.54) is 32.6 Å². The molecule has 0 aromatic heterocycles. The molecular formula is C30H52O5Si. The van der Waals surface area contributed by atoms with Crippen LogP contribution in [0.25, 0.3) is 0 Å². The summed E-state index contributed by atoms with van der Waals surface area (Å²) in [4.78, 5) is 11.4. The SMILES string of the molecule is CO[C@H](/C=C1\CCC[C@]2(C)[C@@H]([C@H](C)COC(C)=O)CC[C@@H]12)[C@]12C[C@H]1C[C@H](O[Si](C)(C)C(C)(C)C)C2O. The van der Waals surface area contributed by atoms with Gasteiger partial charge < -0.3 is 19.0 Å². The van der Waals surface area contributed by atoms with E-state index in [0.29, 0.717) is 30.3 Å². The molecule has 4 aliphatic rings. The summed E-state index contributed by atoms with van der Waals surface area (Å²) in [5.41, 5.74) is 1.59. The van der Waals surface area contributed by atoms with Gasteiger partial charge in [0.15, 0.2) is 8.32 Å². The van der Waals surface area contributed by atoms with Crippen molar-refractivity contribution in [2.45, 2.75) is 123 Å². The van der Waals surface area contributed by atoms with E-state index >= 15 is 0 Å². The molecule has 0 bridgehead atoms.